The van der Waals surface area contributed by atoms with Crippen LogP contribution < -0.4 is 0 Å². The molecule has 0 bridgehead atoms. The zero-order valence-electron chi connectivity index (χ0n) is 8.43. The molecule has 0 heterocycles. The van der Waals surface area contributed by atoms with E-state index in [2.05, 4.69) is 36.1 Å². The number of benzene rings is 1. The van der Waals surface area contributed by atoms with E-state index in [1.54, 1.807) is 0 Å². The van der Waals surface area contributed by atoms with Gasteiger partial charge in [0.25, 0.3) is 0 Å². The topological polar surface area (TPSA) is 0 Å². The molecule has 0 spiro atoms. The SMILES string of the molecule is C1=CC=CC(C=Cc2ccccc2)=CC=1. The fourth-order valence-corrected chi connectivity index (χ4v) is 1.34. The van der Waals surface area contributed by atoms with Gasteiger partial charge in [-0.15, -0.1) is 5.73 Å². The van der Waals surface area contributed by atoms with E-state index in [9.17, 15) is 0 Å². The third-order valence-corrected chi connectivity index (χ3v) is 2.12. The zero-order chi connectivity index (χ0) is 10.3. The Balaban J connectivity index is 2.13. The highest BCUT2D eigenvalue weighted by Gasteiger charge is 1.86. The summed E-state index contributed by atoms with van der Waals surface area (Å²) in [5, 5.41) is 0. The van der Waals surface area contributed by atoms with Crippen LogP contribution in [0.15, 0.2) is 78.1 Å². The van der Waals surface area contributed by atoms with E-state index in [0.717, 1.165) is 0 Å². The van der Waals surface area contributed by atoms with Crippen molar-refractivity contribution in [1.29, 1.82) is 0 Å². The molecule has 0 nitrogen and oxygen atoms in total. The lowest BCUT2D eigenvalue weighted by atomic mass is 10.1. The predicted molar refractivity (Wildman–Crippen MR) is 65.4 cm³/mol. The van der Waals surface area contributed by atoms with Gasteiger partial charge in [0.05, 0.1) is 0 Å². The molecule has 15 heavy (non-hydrogen) atoms. The van der Waals surface area contributed by atoms with Crippen LogP contribution in [0.3, 0.4) is 0 Å². The van der Waals surface area contributed by atoms with Gasteiger partial charge in [0.15, 0.2) is 0 Å². The molecule has 2 rings (SSSR count). The first kappa shape index (κ1) is 9.51. The highest BCUT2D eigenvalue weighted by atomic mass is 13.9. The third kappa shape index (κ3) is 2.98. The molecule has 0 atom stereocenters. The van der Waals surface area contributed by atoms with Crippen LogP contribution in [0, 0.1) is 0 Å². The second-order valence-corrected chi connectivity index (χ2v) is 3.27. The van der Waals surface area contributed by atoms with Crippen LogP contribution in [0.25, 0.3) is 6.08 Å². The van der Waals surface area contributed by atoms with E-state index in [0.29, 0.717) is 0 Å². The second-order valence-electron chi connectivity index (χ2n) is 3.27. The first-order valence-electron chi connectivity index (χ1n) is 4.98. The van der Waals surface area contributed by atoms with Crippen molar-refractivity contribution < 1.29 is 0 Å². The Kier molecular flexibility index (Phi) is 3.17. The first-order chi connectivity index (χ1) is 7.45. The minimum atomic E-state index is 1.18. The van der Waals surface area contributed by atoms with Crippen molar-refractivity contribution in [2.75, 3.05) is 0 Å². The molecule has 0 saturated carbocycles. The van der Waals surface area contributed by atoms with E-state index in [1.807, 2.05) is 42.5 Å². The molecule has 0 fully saturated rings. The van der Waals surface area contributed by atoms with Crippen molar-refractivity contribution >= 4 is 6.08 Å². The lowest BCUT2D eigenvalue weighted by molar-refractivity contribution is 1.64. The van der Waals surface area contributed by atoms with E-state index in [1.165, 1.54) is 11.1 Å². The van der Waals surface area contributed by atoms with Gasteiger partial charge < -0.3 is 0 Å². The quantitative estimate of drug-likeness (QED) is 0.623. The number of hydrogen-bond donors (Lipinski definition) is 0. The van der Waals surface area contributed by atoms with Crippen LogP contribution in [-0.4, -0.2) is 0 Å². The van der Waals surface area contributed by atoms with Gasteiger partial charge in [-0.25, -0.2) is 0 Å². The summed E-state index contributed by atoms with van der Waals surface area (Å²) in [7, 11) is 0. The third-order valence-electron chi connectivity index (χ3n) is 2.12. The molecule has 0 N–H and O–H groups in total. The van der Waals surface area contributed by atoms with Gasteiger partial charge in [-0.3, -0.25) is 0 Å². The summed E-state index contributed by atoms with van der Waals surface area (Å²) in [5.41, 5.74) is 5.42. The Morgan fingerprint density at radius 2 is 1.80 bits per heavy atom. The van der Waals surface area contributed by atoms with E-state index in [-0.39, 0.29) is 0 Å². The molecule has 0 unspecified atom stereocenters. The summed E-state index contributed by atoms with van der Waals surface area (Å²) in [5.74, 6) is 0. The Bertz CT molecular complexity index is 464. The smallest absolute Gasteiger partial charge is 0.0194 e. The summed E-state index contributed by atoms with van der Waals surface area (Å²) in [6, 6.07) is 10.3. The van der Waals surface area contributed by atoms with Crippen molar-refractivity contribution in [3.63, 3.8) is 0 Å². The van der Waals surface area contributed by atoms with Gasteiger partial charge in [0, 0.05) is 0 Å². The molecule has 0 radical (unpaired) electrons. The molecule has 1 aliphatic carbocycles. The lowest BCUT2D eigenvalue weighted by Crippen LogP contribution is -1.71. The van der Waals surface area contributed by atoms with E-state index in [4.69, 9.17) is 0 Å². The number of rotatable bonds is 2. The van der Waals surface area contributed by atoms with Crippen molar-refractivity contribution in [3.8, 4) is 0 Å². The first-order valence-corrected chi connectivity index (χ1v) is 4.98. The maximum Gasteiger partial charge on any atom is -0.0194 e. The highest BCUT2D eigenvalue weighted by molar-refractivity contribution is 5.55. The Morgan fingerprint density at radius 1 is 0.933 bits per heavy atom. The minimum Gasteiger partial charge on any atom is -0.121 e. The van der Waals surface area contributed by atoms with E-state index >= 15 is 0 Å². The maximum absolute atomic E-state index is 3.03. The van der Waals surface area contributed by atoms with Crippen LogP contribution in [0.5, 0.6) is 0 Å². The molecule has 0 amide bonds. The van der Waals surface area contributed by atoms with Crippen molar-refractivity contribution in [3.05, 3.63) is 83.7 Å². The van der Waals surface area contributed by atoms with Crippen molar-refractivity contribution in [2.45, 2.75) is 0 Å². The number of hydrogen-bond acceptors (Lipinski definition) is 0. The molecule has 1 aromatic rings. The molecule has 1 aliphatic rings. The van der Waals surface area contributed by atoms with Crippen LogP contribution >= 0.6 is 0 Å². The average molecular weight is 192 g/mol. The second kappa shape index (κ2) is 4.99. The lowest BCUT2D eigenvalue weighted by Gasteiger charge is -1.92. The molecule has 0 aliphatic heterocycles. The minimum absolute atomic E-state index is 1.18. The Morgan fingerprint density at radius 3 is 2.67 bits per heavy atom. The normalized spacial score (nSPS) is 14.3. The fourth-order valence-electron chi connectivity index (χ4n) is 1.34. The molecule has 72 valence electrons. The summed E-state index contributed by atoms with van der Waals surface area (Å²) < 4.78 is 0. The van der Waals surface area contributed by atoms with Crippen LogP contribution in [0.2, 0.25) is 0 Å². The summed E-state index contributed by atoms with van der Waals surface area (Å²) >= 11 is 0. The van der Waals surface area contributed by atoms with Gasteiger partial charge in [0.1, 0.15) is 0 Å². The van der Waals surface area contributed by atoms with Gasteiger partial charge in [0.2, 0.25) is 0 Å². The Hall–Kier alpha value is -2.04. The molecule has 0 heteroatoms. The van der Waals surface area contributed by atoms with Gasteiger partial charge >= 0.3 is 0 Å². The molecule has 0 aromatic heterocycles. The van der Waals surface area contributed by atoms with Crippen LogP contribution in [0.1, 0.15) is 5.56 Å². The van der Waals surface area contributed by atoms with Gasteiger partial charge in [-0.1, -0.05) is 54.6 Å². The monoisotopic (exact) mass is 192 g/mol. The summed E-state index contributed by atoms with van der Waals surface area (Å²) in [6.07, 6.45) is 14.1. The molecular formula is C15H12. The molecule has 1 aromatic carbocycles. The van der Waals surface area contributed by atoms with Crippen molar-refractivity contribution in [1.82, 2.24) is 0 Å². The maximum atomic E-state index is 3.03. The van der Waals surface area contributed by atoms with Crippen molar-refractivity contribution in [2.24, 2.45) is 0 Å². The number of allylic oxidation sites excluding steroid dienone is 6. The highest BCUT2D eigenvalue weighted by Crippen LogP contribution is 2.07. The molecule has 0 saturated heterocycles. The van der Waals surface area contributed by atoms with Crippen LogP contribution in [-0.2, 0) is 0 Å². The summed E-state index contributed by atoms with van der Waals surface area (Å²) in [4.78, 5) is 0. The largest absolute Gasteiger partial charge is 0.121 e. The predicted octanol–water partition coefficient (Wildman–Crippen LogP) is 3.91. The summed E-state index contributed by atoms with van der Waals surface area (Å²) in [6.45, 7) is 0. The van der Waals surface area contributed by atoms with Crippen LogP contribution in [0.4, 0.5) is 0 Å². The standard InChI is InChI=1S/C15H12/c1-2-5-9-14(8-4-1)12-13-15-10-6-3-7-11-15/h1,3-13H. The van der Waals surface area contributed by atoms with E-state index < -0.39 is 0 Å². The van der Waals surface area contributed by atoms with Gasteiger partial charge in [-0.05, 0) is 29.4 Å². The fraction of sp³-hybridized carbons (Fsp3) is 0. The average Bonchev–Trinajstić information content (AvgIpc) is 2.56. The molecular weight excluding hydrogens is 180 g/mol. The Labute approximate surface area is 90.3 Å². The van der Waals surface area contributed by atoms with Gasteiger partial charge in [-0.2, -0.15) is 0 Å². The zero-order valence-corrected chi connectivity index (χ0v) is 8.43.